The SMILES string of the molecule is CC(C)CNC(=O)COC(=O)c1ccnc(Cl)c1. The third-order valence-corrected chi connectivity index (χ3v) is 2.21. The monoisotopic (exact) mass is 270 g/mol. The number of aromatic nitrogens is 1. The van der Waals surface area contributed by atoms with Gasteiger partial charge in [-0.1, -0.05) is 25.4 Å². The number of pyridine rings is 1. The molecule has 0 fully saturated rings. The van der Waals surface area contributed by atoms with Crippen LogP contribution in [0.4, 0.5) is 0 Å². The number of halogens is 1. The van der Waals surface area contributed by atoms with Crippen LogP contribution in [-0.2, 0) is 9.53 Å². The van der Waals surface area contributed by atoms with Gasteiger partial charge in [-0.2, -0.15) is 0 Å². The molecule has 0 bridgehead atoms. The molecule has 0 aliphatic rings. The molecule has 1 rings (SSSR count). The van der Waals surface area contributed by atoms with Gasteiger partial charge in [-0.15, -0.1) is 0 Å². The zero-order chi connectivity index (χ0) is 13.5. The third-order valence-electron chi connectivity index (χ3n) is 2.00. The summed E-state index contributed by atoms with van der Waals surface area (Å²) < 4.78 is 4.84. The van der Waals surface area contributed by atoms with E-state index in [1.54, 1.807) is 0 Å². The number of hydrogen-bond acceptors (Lipinski definition) is 4. The van der Waals surface area contributed by atoms with E-state index in [9.17, 15) is 9.59 Å². The largest absolute Gasteiger partial charge is 0.452 e. The van der Waals surface area contributed by atoms with Crippen molar-refractivity contribution in [2.45, 2.75) is 13.8 Å². The van der Waals surface area contributed by atoms with Gasteiger partial charge < -0.3 is 10.1 Å². The maximum Gasteiger partial charge on any atom is 0.338 e. The lowest BCUT2D eigenvalue weighted by molar-refractivity contribution is -0.124. The third kappa shape index (κ3) is 5.14. The van der Waals surface area contributed by atoms with Crippen molar-refractivity contribution >= 4 is 23.5 Å². The first-order chi connectivity index (χ1) is 8.49. The normalized spacial score (nSPS) is 10.2. The highest BCUT2D eigenvalue weighted by Gasteiger charge is 2.10. The van der Waals surface area contributed by atoms with Gasteiger partial charge in [0, 0.05) is 12.7 Å². The van der Waals surface area contributed by atoms with Gasteiger partial charge in [0.2, 0.25) is 0 Å². The molecule has 0 saturated heterocycles. The molecule has 1 heterocycles. The van der Waals surface area contributed by atoms with Gasteiger partial charge in [-0.25, -0.2) is 9.78 Å². The quantitative estimate of drug-likeness (QED) is 0.653. The van der Waals surface area contributed by atoms with Crippen LogP contribution < -0.4 is 5.32 Å². The lowest BCUT2D eigenvalue weighted by Gasteiger charge is -2.08. The summed E-state index contributed by atoms with van der Waals surface area (Å²) in [4.78, 5) is 26.6. The first kappa shape index (κ1) is 14.4. The van der Waals surface area contributed by atoms with Gasteiger partial charge in [0.1, 0.15) is 5.15 Å². The van der Waals surface area contributed by atoms with Crippen molar-refractivity contribution in [1.29, 1.82) is 0 Å². The first-order valence-corrected chi connectivity index (χ1v) is 5.92. The molecule has 0 radical (unpaired) electrons. The van der Waals surface area contributed by atoms with Gasteiger partial charge in [0.15, 0.2) is 6.61 Å². The van der Waals surface area contributed by atoms with Crippen molar-refractivity contribution in [3.8, 4) is 0 Å². The highest BCUT2D eigenvalue weighted by atomic mass is 35.5. The molecular weight excluding hydrogens is 256 g/mol. The lowest BCUT2D eigenvalue weighted by Crippen LogP contribution is -2.31. The van der Waals surface area contributed by atoms with Crippen molar-refractivity contribution < 1.29 is 14.3 Å². The van der Waals surface area contributed by atoms with Gasteiger partial charge >= 0.3 is 5.97 Å². The standard InChI is InChI=1S/C12H15ClN2O3/c1-8(2)6-15-11(16)7-18-12(17)9-3-4-14-10(13)5-9/h3-5,8H,6-7H2,1-2H3,(H,15,16). The van der Waals surface area contributed by atoms with E-state index in [4.69, 9.17) is 16.3 Å². The predicted molar refractivity (Wildman–Crippen MR) is 67.4 cm³/mol. The lowest BCUT2D eigenvalue weighted by atomic mass is 10.2. The minimum Gasteiger partial charge on any atom is -0.452 e. The summed E-state index contributed by atoms with van der Waals surface area (Å²) >= 11 is 5.64. The number of esters is 1. The Morgan fingerprint density at radius 3 is 2.83 bits per heavy atom. The molecule has 1 amide bonds. The van der Waals surface area contributed by atoms with Gasteiger partial charge in [0.25, 0.3) is 5.91 Å². The Bertz CT molecular complexity index is 435. The van der Waals surface area contributed by atoms with E-state index in [0.29, 0.717) is 12.5 Å². The summed E-state index contributed by atoms with van der Waals surface area (Å²) in [6.07, 6.45) is 1.40. The van der Waals surface area contributed by atoms with Crippen molar-refractivity contribution in [3.05, 3.63) is 29.0 Å². The molecule has 1 N–H and O–H groups in total. The van der Waals surface area contributed by atoms with E-state index < -0.39 is 5.97 Å². The predicted octanol–water partition coefficient (Wildman–Crippen LogP) is 1.66. The molecule has 1 aromatic heterocycles. The van der Waals surface area contributed by atoms with Crippen molar-refractivity contribution in [1.82, 2.24) is 10.3 Å². The van der Waals surface area contributed by atoms with Crippen molar-refractivity contribution in [3.63, 3.8) is 0 Å². The fraction of sp³-hybridized carbons (Fsp3) is 0.417. The Balaban J connectivity index is 2.39. The van der Waals surface area contributed by atoms with Crippen LogP contribution in [0.25, 0.3) is 0 Å². The van der Waals surface area contributed by atoms with E-state index in [1.165, 1.54) is 18.3 Å². The molecular formula is C12H15ClN2O3. The molecule has 98 valence electrons. The number of nitrogens with one attached hydrogen (secondary N) is 1. The van der Waals surface area contributed by atoms with Crippen LogP contribution >= 0.6 is 11.6 Å². The molecule has 0 aromatic carbocycles. The van der Waals surface area contributed by atoms with Gasteiger partial charge in [0.05, 0.1) is 5.56 Å². The van der Waals surface area contributed by atoms with Gasteiger partial charge in [-0.05, 0) is 18.1 Å². The summed E-state index contributed by atoms with van der Waals surface area (Å²) in [5, 5.41) is 2.85. The zero-order valence-corrected chi connectivity index (χ0v) is 11.0. The highest BCUT2D eigenvalue weighted by Crippen LogP contribution is 2.08. The Hall–Kier alpha value is -1.62. The Morgan fingerprint density at radius 2 is 2.22 bits per heavy atom. The molecule has 1 aromatic rings. The summed E-state index contributed by atoms with van der Waals surface area (Å²) in [5.74, 6) is -0.570. The molecule has 0 spiro atoms. The van der Waals surface area contributed by atoms with E-state index in [-0.39, 0.29) is 23.2 Å². The van der Waals surface area contributed by atoms with Crippen LogP contribution in [0, 0.1) is 5.92 Å². The molecule has 18 heavy (non-hydrogen) atoms. The number of carbonyl (C=O) groups is 2. The Morgan fingerprint density at radius 1 is 1.50 bits per heavy atom. The van der Waals surface area contributed by atoms with E-state index in [2.05, 4.69) is 10.3 Å². The molecule has 0 unspecified atom stereocenters. The Kier molecular flexibility index (Phi) is 5.58. The fourth-order valence-electron chi connectivity index (χ4n) is 1.11. The number of nitrogens with zero attached hydrogens (tertiary/aromatic N) is 1. The summed E-state index contributed by atoms with van der Waals surface area (Å²) in [6.45, 7) is 4.21. The van der Waals surface area contributed by atoms with E-state index >= 15 is 0 Å². The molecule has 0 aliphatic heterocycles. The molecule has 6 heteroatoms. The second-order valence-corrected chi connectivity index (χ2v) is 4.53. The van der Waals surface area contributed by atoms with Gasteiger partial charge in [-0.3, -0.25) is 4.79 Å². The minimum atomic E-state index is -0.598. The summed E-state index contributed by atoms with van der Waals surface area (Å²) in [5.41, 5.74) is 0.270. The first-order valence-electron chi connectivity index (χ1n) is 5.54. The number of rotatable bonds is 5. The van der Waals surface area contributed by atoms with Crippen LogP contribution in [0.1, 0.15) is 24.2 Å². The van der Waals surface area contributed by atoms with Crippen LogP contribution in [0.15, 0.2) is 18.3 Å². The Labute approximate surface area is 110 Å². The molecule has 0 atom stereocenters. The zero-order valence-electron chi connectivity index (χ0n) is 10.3. The number of amides is 1. The van der Waals surface area contributed by atoms with E-state index in [0.717, 1.165) is 0 Å². The van der Waals surface area contributed by atoms with Crippen molar-refractivity contribution in [2.24, 2.45) is 5.92 Å². The van der Waals surface area contributed by atoms with Crippen molar-refractivity contribution in [2.75, 3.05) is 13.2 Å². The van der Waals surface area contributed by atoms with E-state index in [1.807, 2.05) is 13.8 Å². The average Bonchev–Trinajstić information content (AvgIpc) is 2.33. The van der Waals surface area contributed by atoms with Crippen LogP contribution in [0.2, 0.25) is 5.15 Å². The minimum absolute atomic E-state index is 0.203. The summed E-state index contributed by atoms with van der Waals surface area (Å²) in [7, 11) is 0. The van der Waals surface area contributed by atoms with Crippen LogP contribution in [0.5, 0.6) is 0 Å². The second kappa shape index (κ2) is 6.96. The molecule has 0 saturated carbocycles. The number of hydrogen-bond donors (Lipinski definition) is 1. The van der Waals surface area contributed by atoms with Crippen LogP contribution in [-0.4, -0.2) is 30.0 Å². The topological polar surface area (TPSA) is 68.3 Å². The average molecular weight is 271 g/mol. The van der Waals surface area contributed by atoms with Crippen LogP contribution in [0.3, 0.4) is 0 Å². The summed E-state index contributed by atoms with van der Waals surface area (Å²) in [6, 6.07) is 2.86. The highest BCUT2D eigenvalue weighted by molar-refractivity contribution is 6.29. The smallest absolute Gasteiger partial charge is 0.338 e. The second-order valence-electron chi connectivity index (χ2n) is 4.14. The maximum atomic E-state index is 11.6. The maximum absolute atomic E-state index is 11.6. The number of carbonyl (C=O) groups excluding carboxylic acids is 2. The molecule has 5 nitrogen and oxygen atoms in total. The number of ether oxygens (including phenoxy) is 1. The molecule has 0 aliphatic carbocycles. The fourth-order valence-corrected chi connectivity index (χ4v) is 1.29.